The Morgan fingerprint density at radius 1 is 1.29 bits per heavy atom. The zero-order valence-corrected chi connectivity index (χ0v) is 20.7. The van der Waals surface area contributed by atoms with E-state index < -0.39 is 57.9 Å². The van der Waals surface area contributed by atoms with Crippen LogP contribution in [0.15, 0.2) is 23.8 Å². The number of halogens is 2. The molecule has 3 saturated carbocycles. The van der Waals surface area contributed by atoms with Gasteiger partial charge in [0, 0.05) is 17.3 Å². The minimum atomic E-state index is -1.60. The molecule has 0 spiro atoms. The Balaban J connectivity index is 1.79. The summed E-state index contributed by atoms with van der Waals surface area (Å²) < 4.78 is 21.5. The van der Waals surface area contributed by atoms with Gasteiger partial charge in [-0.1, -0.05) is 33.3 Å². The molecule has 2 N–H and O–H groups in total. The van der Waals surface area contributed by atoms with E-state index in [-0.39, 0.29) is 43.0 Å². The van der Waals surface area contributed by atoms with Gasteiger partial charge in [-0.3, -0.25) is 14.4 Å². The van der Waals surface area contributed by atoms with Crippen molar-refractivity contribution in [2.75, 3.05) is 6.61 Å². The molecule has 0 heterocycles. The maximum Gasteiger partial charge on any atom is 0.306 e. The molecule has 0 radical (unpaired) electrons. The van der Waals surface area contributed by atoms with Gasteiger partial charge in [-0.25, -0.2) is 4.39 Å². The minimum absolute atomic E-state index is 0.00344. The molecular weight excluding hydrogens is 463 g/mol. The number of aliphatic hydroxyl groups is 2. The number of hydrogen-bond donors (Lipinski definition) is 2. The van der Waals surface area contributed by atoms with Gasteiger partial charge in [-0.2, -0.15) is 0 Å². The van der Waals surface area contributed by atoms with Gasteiger partial charge in [0.2, 0.25) is 5.78 Å². The zero-order chi connectivity index (χ0) is 25.1. The summed E-state index contributed by atoms with van der Waals surface area (Å²) in [6, 6.07) is 0. The highest BCUT2D eigenvalue weighted by molar-refractivity contribution is 6.26. The number of alkyl halides is 2. The number of ketones is 2. The van der Waals surface area contributed by atoms with Gasteiger partial charge in [0.1, 0.15) is 12.8 Å². The molecule has 6 nitrogen and oxygen atoms in total. The van der Waals surface area contributed by atoms with Crippen molar-refractivity contribution in [2.45, 2.75) is 88.5 Å². The highest BCUT2D eigenvalue weighted by Crippen LogP contribution is 2.71. The molecule has 0 aromatic carbocycles. The Hall–Kier alpha value is -1.57. The van der Waals surface area contributed by atoms with Gasteiger partial charge in [0.25, 0.3) is 0 Å². The Morgan fingerprint density at radius 2 is 2.00 bits per heavy atom. The van der Waals surface area contributed by atoms with Crippen molar-refractivity contribution in [2.24, 2.45) is 22.7 Å². The topological polar surface area (TPSA) is 101 Å². The summed E-state index contributed by atoms with van der Waals surface area (Å²) in [5.41, 5.74) is -3.44. The fraction of sp³-hybridized carbons (Fsp3) is 0.731. The van der Waals surface area contributed by atoms with Crippen molar-refractivity contribution >= 4 is 29.1 Å². The van der Waals surface area contributed by atoms with Crippen molar-refractivity contribution in [3.8, 4) is 0 Å². The van der Waals surface area contributed by atoms with Crippen LogP contribution in [0, 0.1) is 22.7 Å². The third-order valence-corrected chi connectivity index (χ3v) is 10.3. The maximum atomic E-state index is 15.6. The summed E-state index contributed by atoms with van der Waals surface area (Å²) in [5, 5.41) is 21.4. The molecule has 8 atom stereocenters. The third kappa shape index (κ3) is 3.22. The van der Waals surface area contributed by atoms with Gasteiger partial charge in [0.05, 0.1) is 11.0 Å². The molecule has 8 heteroatoms. The van der Waals surface area contributed by atoms with Crippen molar-refractivity contribution < 1.29 is 33.7 Å². The third-order valence-electron chi connectivity index (χ3n) is 9.37. The molecule has 0 saturated heterocycles. The van der Waals surface area contributed by atoms with E-state index in [0.717, 1.165) is 6.42 Å². The van der Waals surface area contributed by atoms with Crippen LogP contribution in [0.2, 0.25) is 0 Å². The molecule has 4 aliphatic carbocycles. The average Bonchev–Trinajstić information content (AvgIpc) is 3.07. The lowest BCUT2D eigenvalue weighted by molar-refractivity contribution is -0.198. The predicted octanol–water partition coefficient (Wildman–Crippen LogP) is 3.61. The number of esters is 1. The van der Waals surface area contributed by atoms with Crippen LogP contribution in [0.3, 0.4) is 0 Å². The second kappa shape index (κ2) is 8.52. The number of carbonyl (C=O) groups excluding carboxylic acids is 3. The normalized spacial score (nSPS) is 45.1. The number of carbonyl (C=O) groups is 3. The summed E-state index contributed by atoms with van der Waals surface area (Å²) in [6.07, 6.45) is 3.89. The first kappa shape index (κ1) is 25.5. The predicted molar refractivity (Wildman–Crippen MR) is 124 cm³/mol. The standard InChI is InChI=1S/C26H34ClFO6/c1-4-5-6-22(33)34-25(21(32)14-29)10-8-16-17-12-19(28)18-11-15(30)7-9-23(18,2)26(17,27)20(31)13-24(16,25)3/h7,9,11,16-17,19-20,29,31H,4-6,8,10,12-14H2,1-3H3/t16-,17-,19?,20-,23-,24-,25+,26-/m0/s1. The van der Waals surface area contributed by atoms with Crippen LogP contribution in [0.1, 0.15) is 65.7 Å². The van der Waals surface area contributed by atoms with Crippen LogP contribution in [-0.4, -0.2) is 57.1 Å². The Labute approximate surface area is 204 Å². The molecule has 4 rings (SSSR count). The number of allylic oxidation sites excluding steroid dienone is 4. The summed E-state index contributed by atoms with van der Waals surface area (Å²) >= 11 is 7.30. The van der Waals surface area contributed by atoms with Crippen LogP contribution in [0.25, 0.3) is 0 Å². The summed E-state index contributed by atoms with van der Waals surface area (Å²) in [7, 11) is 0. The van der Waals surface area contributed by atoms with Gasteiger partial charge < -0.3 is 14.9 Å². The summed E-state index contributed by atoms with van der Waals surface area (Å²) in [4.78, 5) is 36.6. The van der Waals surface area contributed by atoms with E-state index in [9.17, 15) is 24.6 Å². The van der Waals surface area contributed by atoms with Gasteiger partial charge in [-0.05, 0) is 61.7 Å². The van der Waals surface area contributed by atoms with Crippen LogP contribution in [-0.2, 0) is 19.1 Å². The lowest BCUT2D eigenvalue weighted by Gasteiger charge is -2.64. The number of hydrogen-bond acceptors (Lipinski definition) is 6. The number of aliphatic hydroxyl groups excluding tert-OH is 2. The molecule has 0 aliphatic heterocycles. The van der Waals surface area contributed by atoms with Crippen LogP contribution < -0.4 is 0 Å². The number of fused-ring (bicyclic) bond motifs is 5. The number of unbranched alkanes of at least 4 members (excludes halogenated alkanes) is 1. The molecule has 188 valence electrons. The quantitative estimate of drug-likeness (QED) is 0.430. The number of ether oxygens (including phenoxy) is 1. The lowest BCUT2D eigenvalue weighted by atomic mass is 9.45. The fourth-order valence-corrected chi connectivity index (χ4v) is 8.06. The number of rotatable bonds is 6. The highest BCUT2D eigenvalue weighted by Gasteiger charge is 2.75. The molecule has 0 amide bonds. The fourth-order valence-electron chi connectivity index (χ4n) is 7.57. The van der Waals surface area contributed by atoms with Crippen LogP contribution in [0.5, 0.6) is 0 Å². The highest BCUT2D eigenvalue weighted by atomic mass is 35.5. The van der Waals surface area contributed by atoms with E-state index in [1.165, 1.54) is 12.2 Å². The Morgan fingerprint density at radius 3 is 2.65 bits per heavy atom. The molecule has 34 heavy (non-hydrogen) atoms. The van der Waals surface area contributed by atoms with E-state index in [0.29, 0.717) is 12.8 Å². The van der Waals surface area contributed by atoms with Gasteiger partial charge >= 0.3 is 5.97 Å². The molecule has 3 fully saturated rings. The first-order valence-electron chi connectivity index (χ1n) is 12.2. The number of Topliss-reactive ketones (excluding diaryl/α,β-unsaturated/α-hetero) is 1. The van der Waals surface area contributed by atoms with Crippen molar-refractivity contribution in [3.63, 3.8) is 0 Å². The van der Waals surface area contributed by atoms with Crippen molar-refractivity contribution in [1.82, 2.24) is 0 Å². The van der Waals surface area contributed by atoms with E-state index >= 15 is 4.39 Å². The average molecular weight is 497 g/mol. The Bertz CT molecular complexity index is 963. The summed E-state index contributed by atoms with van der Waals surface area (Å²) in [6.45, 7) is 4.70. The van der Waals surface area contributed by atoms with Crippen molar-refractivity contribution in [1.29, 1.82) is 0 Å². The van der Waals surface area contributed by atoms with E-state index in [4.69, 9.17) is 16.3 Å². The van der Waals surface area contributed by atoms with Crippen molar-refractivity contribution in [3.05, 3.63) is 23.8 Å². The smallest absolute Gasteiger partial charge is 0.306 e. The van der Waals surface area contributed by atoms with E-state index in [2.05, 4.69) is 0 Å². The SMILES string of the molecule is CCCCC(=O)O[C@@]1(C(=O)CO)CC[C@H]2[C@@H]3CC(F)C4=CC(=O)C=C[C@]4(C)[C@@]3(Cl)[C@@H](O)C[C@@]21C. The zero-order valence-electron chi connectivity index (χ0n) is 20.0. The first-order chi connectivity index (χ1) is 15.9. The lowest BCUT2D eigenvalue weighted by Crippen LogP contribution is -2.70. The molecule has 0 aromatic rings. The first-order valence-corrected chi connectivity index (χ1v) is 12.6. The Kier molecular flexibility index (Phi) is 6.40. The monoisotopic (exact) mass is 496 g/mol. The van der Waals surface area contributed by atoms with Crippen LogP contribution >= 0.6 is 11.6 Å². The minimum Gasteiger partial charge on any atom is -0.450 e. The molecule has 0 bridgehead atoms. The second-order valence-corrected chi connectivity index (χ2v) is 11.5. The summed E-state index contributed by atoms with van der Waals surface area (Å²) in [5.74, 6) is -2.29. The molecular formula is C26H34ClFO6. The second-order valence-electron chi connectivity index (χ2n) is 10.9. The van der Waals surface area contributed by atoms with Gasteiger partial charge in [-0.15, -0.1) is 11.6 Å². The maximum absolute atomic E-state index is 15.6. The van der Waals surface area contributed by atoms with E-state index in [1.54, 1.807) is 19.9 Å². The molecule has 0 aromatic heterocycles. The van der Waals surface area contributed by atoms with Gasteiger partial charge in [0.15, 0.2) is 11.4 Å². The van der Waals surface area contributed by atoms with E-state index in [1.807, 2.05) is 6.92 Å². The molecule has 1 unspecified atom stereocenters. The molecule has 4 aliphatic rings. The largest absolute Gasteiger partial charge is 0.450 e. The van der Waals surface area contributed by atoms with Crippen LogP contribution in [0.4, 0.5) is 4.39 Å².